The van der Waals surface area contributed by atoms with Crippen LogP contribution in [0, 0.1) is 0 Å². The summed E-state index contributed by atoms with van der Waals surface area (Å²) in [5, 5.41) is 6.95. The summed E-state index contributed by atoms with van der Waals surface area (Å²) in [6, 6.07) is 5.79. The van der Waals surface area contributed by atoms with E-state index in [9.17, 15) is 35.9 Å². The summed E-state index contributed by atoms with van der Waals surface area (Å²) in [6.07, 6.45) is -10.3. The van der Waals surface area contributed by atoms with Crippen molar-refractivity contribution in [1.82, 2.24) is 10.6 Å². The fourth-order valence-corrected chi connectivity index (χ4v) is 3.94. The molecular weight excluding hydrogens is 575 g/mol. The Balaban J connectivity index is 1.74. The number of nitrogens with zero attached hydrogens (tertiary/aromatic N) is 1. The van der Waals surface area contributed by atoms with Crippen molar-refractivity contribution in [2.75, 3.05) is 6.54 Å². The van der Waals surface area contributed by atoms with Crippen LogP contribution in [0.15, 0.2) is 41.6 Å². The monoisotopic (exact) mass is 589 g/mol. The molecule has 2 amide bonds. The first-order valence-corrected chi connectivity index (χ1v) is 11.4. The second-order valence-electron chi connectivity index (χ2n) is 7.99. The molecule has 37 heavy (non-hydrogen) atoms. The second kappa shape index (κ2) is 10.6. The van der Waals surface area contributed by atoms with E-state index in [4.69, 9.17) is 39.6 Å². The van der Waals surface area contributed by atoms with Gasteiger partial charge in [0, 0.05) is 17.5 Å². The lowest BCUT2D eigenvalue weighted by atomic mass is 9.86. The summed E-state index contributed by atoms with van der Waals surface area (Å²) in [6.45, 7) is -0.368. The summed E-state index contributed by atoms with van der Waals surface area (Å²) in [7, 11) is 0. The Hall–Kier alpha value is -2.70. The number of nitrogens with one attached hydrogen (secondary N) is 2. The zero-order chi connectivity index (χ0) is 27.8. The van der Waals surface area contributed by atoms with E-state index >= 15 is 0 Å². The highest BCUT2D eigenvalue weighted by atomic mass is 35.5. The van der Waals surface area contributed by atoms with Crippen LogP contribution in [0.25, 0.3) is 0 Å². The number of carbonyl (C=O) groups is 2. The van der Waals surface area contributed by atoms with Gasteiger partial charge in [-0.3, -0.25) is 9.59 Å². The number of carbonyl (C=O) groups excluding carboxylic acids is 2. The van der Waals surface area contributed by atoms with Crippen LogP contribution in [0.2, 0.25) is 15.1 Å². The number of benzene rings is 2. The molecule has 0 saturated carbocycles. The Morgan fingerprint density at radius 3 is 2.14 bits per heavy atom. The number of hydrogen-bond donors (Lipinski definition) is 2. The van der Waals surface area contributed by atoms with Crippen molar-refractivity contribution in [1.29, 1.82) is 0 Å². The lowest BCUT2D eigenvalue weighted by Gasteiger charge is -2.30. The number of halogens is 9. The Bertz CT molecular complexity index is 1210. The quantitative estimate of drug-likeness (QED) is 0.319. The van der Waals surface area contributed by atoms with Crippen LogP contribution in [0.1, 0.15) is 34.8 Å². The molecule has 2 aromatic rings. The predicted molar refractivity (Wildman–Crippen MR) is 124 cm³/mol. The molecule has 0 fully saturated rings. The zero-order valence-electron chi connectivity index (χ0n) is 18.5. The standard InChI is InChI=1S/C22H16Cl3F6N3O3/c1-10(18(35)32-9-21(26,27)28)33-19(36)12-4-2-11(3-5-12)16-8-20(37-34-16,22(29,30)31)13-6-14(23)17(25)15(24)7-13/h2-7,10H,8-9H2,1H3,(H,32,35)(H,33,36). The van der Waals surface area contributed by atoms with Crippen LogP contribution in [-0.4, -0.2) is 42.5 Å². The molecule has 2 atom stereocenters. The highest BCUT2D eigenvalue weighted by Crippen LogP contribution is 2.50. The summed E-state index contributed by atoms with van der Waals surface area (Å²) >= 11 is 17.7. The first-order valence-electron chi connectivity index (χ1n) is 10.3. The highest BCUT2D eigenvalue weighted by Gasteiger charge is 2.62. The molecular formula is C22H16Cl3F6N3O3. The molecule has 1 heterocycles. The summed E-state index contributed by atoms with van der Waals surface area (Å²) in [4.78, 5) is 29.0. The second-order valence-corrected chi connectivity index (χ2v) is 9.18. The van der Waals surface area contributed by atoms with E-state index in [0.717, 1.165) is 12.1 Å². The molecule has 0 aromatic heterocycles. The van der Waals surface area contributed by atoms with Gasteiger partial charge < -0.3 is 15.5 Å². The van der Waals surface area contributed by atoms with Crippen molar-refractivity contribution < 1.29 is 40.8 Å². The van der Waals surface area contributed by atoms with Crippen molar-refractivity contribution in [2.24, 2.45) is 5.16 Å². The first kappa shape index (κ1) is 28.9. The largest absolute Gasteiger partial charge is 0.435 e. The van der Waals surface area contributed by atoms with Gasteiger partial charge in [-0.15, -0.1) is 0 Å². The van der Waals surface area contributed by atoms with Gasteiger partial charge in [0.25, 0.3) is 11.5 Å². The Kier molecular flexibility index (Phi) is 8.25. The van der Waals surface area contributed by atoms with Crippen LogP contribution in [-0.2, 0) is 15.2 Å². The van der Waals surface area contributed by atoms with Gasteiger partial charge in [-0.2, -0.15) is 26.3 Å². The minimum absolute atomic E-state index is 0.00270. The average molecular weight is 591 g/mol. The van der Waals surface area contributed by atoms with E-state index in [2.05, 4.69) is 10.5 Å². The fourth-order valence-electron chi connectivity index (χ4n) is 3.35. The molecule has 0 radical (unpaired) electrons. The van der Waals surface area contributed by atoms with Crippen molar-refractivity contribution in [3.05, 3.63) is 68.2 Å². The minimum atomic E-state index is -4.93. The lowest BCUT2D eigenvalue weighted by molar-refractivity contribution is -0.275. The zero-order valence-corrected chi connectivity index (χ0v) is 20.8. The van der Waals surface area contributed by atoms with Crippen molar-refractivity contribution in [3.8, 4) is 0 Å². The first-order chi connectivity index (χ1) is 17.0. The molecule has 200 valence electrons. The molecule has 1 aliphatic rings. The molecule has 0 spiro atoms. The maximum absolute atomic E-state index is 14.2. The van der Waals surface area contributed by atoms with Gasteiger partial charge in [-0.05, 0) is 36.8 Å². The third-order valence-corrected chi connectivity index (χ3v) is 6.52. The topological polar surface area (TPSA) is 79.8 Å². The molecule has 0 bridgehead atoms. The third-order valence-electron chi connectivity index (χ3n) is 5.32. The molecule has 1 aliphatic heterocycles. The molecule has 0 aliphatic carbocycles. The van der Waals surface area contributed by atoms with Gasteiger partial charge >= 0.3 is 12.4 Å². The van der Waals surface area contributed by atoms with E-state index in [0.29, 0.717) is 0 Å². The Labute approximate surface area is 220 Å². The third kappa shape index (κ3) is 6.42. The van der Waals surface area contributed by atoms with Gasteiger partial charge in [0.05, 0.1) is 20.8 Å². The highest BCUT2D eigenvalue weighted by molar-refractivity contribution is 6.48. The van der Waals surface area contributed by atoms with Gasteiger partial charge in [-0.1, -0.05) is 52.1 Å². The number of alkyl halides is 6. The van der Waals surface area contributed by atoms with E-state index < -0.39 is 54.3 Å². The van der Waals surface area contributed by atoms with Crippen LogP contribution in [0.3, 0.4) is 0 Å². The van der Waals surface area contributed by atoms with Crippen LogP contribution in [0.4, 0.5) is 26.3 Å². The van der Waals surface area contributed by atoms with E-state index in [1.54, 1.807) is 5.32 Å². The Morgan fingerprint density at radius 2 is 1.62 bits per heavy atom. The van der Waals surface area contributed by atoms with Gasteiger partial charge in [0.15, 0.2) is 0 Å². The number of hydrogen-bond acceptors (Lipinski definition) is 4. The minimum Gasteiger partial charge on any atom is -0.374 e. The molecule has 3 rings (SSSR count). The maximum atomic E-state index is 14.2. The molecule has 2 aromatic carbocycles. The van der Waals surface area contributed by atoms with Gasteiger partial charge in [0.1, 0.15) is 12.6 Å². The van der Waals surface area contributed by atoms with Gasteiger partial charge in [0.2, 0.25) is 5.91 Å². The molecule has 6 nitrogen and oxygen atoms in total. The van der Waals surface area contributed by atoms with Crippen molar-refractivity contribution in [3.63, 3.8) is 0 Å². The molecule has 15 heteroatoms. The smallest absolute Gasteiger partial charge is 0.374 e. The predicted octanol–water partition coefficient (Wildman–Crippen LogP) is 6.03. The Morgan fingerprint density at radius 1 is 1.05 bits per heavy atom. The van der Waals surface area contributed by atoms with Crippen molar-refractivity contribution >= 4 is 52.3 Å². The van der Waals surface area contributed by atoms with Crippen LogP contribution in [0.5, 0.6) is 0 Å². The average Bonchev–Trinajstić information content (AvgIpc) is 3.27. The molecule has 2 unspecified atom stereocenters. The normalized spacial score (nSPS) is 18.6. The molecule has 0 saturated heterocycles. The molecule has 2 N–H and O–H groups in total. The summed E-state index contributed by atoms with van der Waals surface area (Å²) < 4.78 is 79.2. The summed E-state index contributed by atoms with van der Waals surface area (Å²) in [5.74, 6) is -1.84. The summed E-state index contributed by atoms with van der Waals surface area (Å²) in [5.41, 5.74) is -3.20. The van der Waals surface area contributed by atoms with E-state index in [1.165, 1.54) is 31.2 Å². The van der Waals surface area contributed by atoms with Crippen LogP contribution < -0.4 is 10.6 Å². The lowest BCUT2D eigenvalue weighted by Crippen LogP contribution is -2.47. The number of amides is 2. The van der Waals surface area contributed by atoms with E-state index in [-0.39, 0.29) is 31.9 Å². The number of oxime groups is 1. The fraction of sp³-hybridized carbons (Fsp3) is 0.318. The van der Waals surface area contributed by atoms with Gasteiger partial charge in [-0.25, -0.2) is 0 Å². The number of rotatable bonds is 6. The van der Waals surface area contributed by atoms with Crippen LogP contribution >= 0.6 is 34.8 Å². The van der Waals surface area contributed by atoms with Crippen molar-refractivity contribution in [2.45, 2.75) is 37.3 Å². The SMILES string of the molecule is CC(NC(=O)c1ccc(C2=NOC(c3cc(Cl)c(Cl)c(Cl)c3)(C(F)(F)F)C2)cc1)C(=O)NCC(F)(F)F. The van der Waals surface area contributed by atoms with E-state index in [1.807, 2.05) is 0 Å². The maximum Gasteiger partial charge on any atom is 0.435 e.